The average Bonchev–Trinajstić information content (AvgIpc) is 2.30. The van der Waals surface area contributed by atoms with Gasteiger partial charge < -0.3 is 5.11 Å². The molecule has 5 heteroatoms. The lowest BCUT2D eigenvalue weighted by Crippen LogP contribution is -1.92. The quantitative estimate of drug-likeness (QED) is 0.640. The first kappa shape index (κ1) is 8.45. The highest BCUT2D eigenvalue weighted by molar-refractivity contribution is 5.85. The van der Waals surface area contributed by atoms with E-state index < -0.39 is 5.97 Å². The fraction of sp³-hybridized carbons (Fsp3) is 0.286. The maximum Gasteiger partial charge on any atom is 0.328 e. The van der Waals surface area contributed by atoms with Crippen molar-refractivity contribution in [2.24, 2.45) is 7.05 Å². The Morgan fingerprint density at radius 1 is 1.67 bits per heavy atom. The number of carboxylic acid groups (broad SMARTS) is 1. The molecule has 0 amide bonds. The van der Waals surface area contributed by atoms with Gasteiger partial charge in [0.05, 0.1) is 5.69 Å². The fourth-order valence-corrected chi connectivity index (χ4v) is 0.725. The minimum atomic E-state index is -0.986. The second kappa shape index (κ2) is 3.17. The second-order valence-electron chi connectivity index (χ2n) is 2.36. The van der Waals surface area contributed by atoms with Crippen LogP contribution >= 0.6 is 0 Å². The van der Waals surface area contributed by atoms with E-state index in [1.165, 1.54) is 6.08 Å². The molecule has 0 saturated heterocycles. The van der Waals surface area contributed by atoms with Crippen LogP contribution in [0.3, 0.4) is 0 Å². The number of hydrogen-bond acceptors (Lipinski definition) is 3. The van der Waals surface area contributed by atoms with Crippen LogP contribution in [0, 0.1) is 6.92 Å². The van der Waals surface area contributed by atoms with Crippen LogP contribution < -0.4 is 0 Å². The van der Waals surface area contributed by atoms with Crippen LogP contribution in [0.15, 0.2) is 6.08 Å². The maximum atomic E-state index is 10.1. The molecule has 0 aliphatic heterocycles. The van der Waals surface area contributed by atoms with Gasteiger partial charge in [-0.05, 0) is 13.0 Å². The first-order chi connectivity index (χ1) is 5.61. The van der Waals surface area contributed by atoms with Gasteiger partial charge in [-0.15, -0.1) is 5.10 Å². The SMILES string of the molecule is Cc1c(/C=C/C(=O)O)nnn1C. The Morgan fingerprint density at radius 3 is 2.75 bits per heavy atom. The number of nitrogens with zero attached hydrogens (tertiary/aromatic N) is 3. The molecule has 64 valence electrons. The van der Waals surface area contributed by atoms with Crippen molar-refractivity contribution in [3.8, 4) is 0 Å². The van der Waals surface area contributed by atoms with Crippen LogP contribution in [0.2, 0.25) is 0 Å². The number of hydrogen-bond donors (Lipinski definition) is 1. The van der Waals surface area contributed by atoms with E-state index in [-0.39, 0.29) is 0 Å². The molecular weight excluding hydrogens is 158 g/mol. The zero-order chi connectivity index (χ0) is 9.14. The van der Waals surface area contributed by atoms with Crippen LogP contribution in [0.1, 0.15) is 11.4 Å². The second-order valence-corrected chi connectivity index (χ2v) is 2.36. The largest absolute Gasteiger partial charge is 0.478 e. The fourth-order valence-electron chi connectivity index (χ4n) is 0.725. The number of rotatable bonds is 2. The number of aryl methyl sites for hydroxylation is 1. The zero-order valence-corrected chi connectivity index (χ0v) is 6.85. The van der Waals surface area contributed by atoms with Crippen molar-refractivity contribution in [2.45, 2.75) is 6.92 Å². The van der Waals surface area contributed by atoms with Crippen molar-refractivity contribution >= 4 is 12.0 Å². The molecule has 0 saturated carbocycles. The lowest BCUT2D eigenvalue weighted by atomic mass is 10.3. The summed E-state index contributed by atoms with van der Waals surface area (Å²) in [6, 6.07) is 0. The molecule has 0 radical (unpaired) electrons. The molecule has 0 aliphatic rings. The van der Waals surface area contributed by atoms with Crippen LogP contribution in [0.4, 0.5) is 0 Å². The highest BCUT2D eigenvalue weighted by Crippen LogP contribution is 2.03. The number of carboxylic acids is 1. The van der Waals surface area contributed by atoms with Gasteiger partial charge in [0.1, 0.15) is 5.69 Å². The zero-order valence-electron chi connectivity index (χ0n) is 6.85. The third-order valence-corrected chi connectivity index (χ3v) is 1.53. The van der Waals surface area contributed by atoms with E-state index in [0.717, 1.165) is 11.8 Å². The molecule has 12 heavy (non-hydrogen) atoms. The Kier molecular flexibility index (Phi) is 2.23. The summed E-state index contributed by atoms with van der Waals surface area (Å²) in [4.78, 5) is 10.1. The third kappa shape index (κ3) is 1.69. The molecule has 0 bridgehead atoms. The number of aliphatic carboxylic acids is 1. The van der Waals surface area contributed by atoms with Gasteiger partial charge in [0.2, 0.25) is 0 Å². The number of carbonyl (C=O) groups is 1. The molecule has 0 spiro atoms. The Hall–Kier alpha value is -1.65. The van der Waals surface area contributed by atoms with E-state index in [1.54, 1.807) is 11.7 Å². The van der Waals surface area contributed by atoms with E-state index in [9.17, 15) is 4.79 Å². The molecule has 0 fully saturated rings. The summed E-state index contributed by atoms with van der Waals surface area (Å²) in [5.74, 6) is -0.986. The maximum absolute atomic E-state index is 10.1. The first-order valence-electron chi connectivity index (χ1n) is 3.38. The smallest absolute Gasteiger partial charge is 0.328 e. The standard InChI is InChI=1S/C7H9N3O2/c1-5-6(3-4-7(11)12)8-9-10(5)2/h3-4H,1-2H3,(H,11,12)/b4-3+. The van der Waals surface area contributed by atoms with Crippen molar-refractivity contribution in [1.29, 1.82) is 0 Å². The van der Waals surface area contributed by atoms with Crippen LogP contribution in [-0.2, 0) is 11.8 Å². The minimum absolute atomic E-state index is 0.583. The van der Waals surface area contributed by atoms with E-state index in [0.29, 0.717) is 5.69 Å². The Labute approximate surface area is 69.3 Å². The average molecular weight is 167 g/mol. The van der Waals surface area contributed by atoms with Crippen molar-refractivity contribution in [3.05, 3.63) is 17.5 Å². The summed E-state index contributed by atoms with van der Waals surface area (Å²) in [5.41, 5.74) is 1.42. The minimum Gasteiger partial charge on any atom is -0.478 e. The van der Waals surface area contributed by atoms with Crippen LogP contribution in [-0.4, -0.2) is 26.1 Å². The van der Waals surface area contributed by atoms with Gasteiger partial charge in [-0.1, -0.05) is 5.21 Å². The van der Waals surface area contributed by atoms with Gasteiger partial charge in [-0.2, -0.15) is 0 Å². The van der Waals surface area contributed by atoms with Crippen LogP contribution in [0.5, 0.6) is 0 Å². The van der Waals surface area contributed by atoms with E-state index >= 15 is 0 Å². The first-order valence-corrected chi connectivity index (χ1v) is 3.38. The van der Waals surface area contributed by atoms with Crippen molar-refractivity contribution in [2.75, 3.05) is 0 Å². The van der Waals surface area contributed by atoms with Gasteiger partial charge in [-0.25, -0.2) is 4.79 Å². The molecule has 1 N–H and O–H groups in total. The summed E-state index contributed by atoms with van der Waals surface area (Å²) in [7, 11) is 1.75. The third-order valence-electron chi connectivity index (χ3n) is 1.53. The van der Waals surface area contributed by atoms with Crippen molar-refractivity contribution in [1.82, 2.24) is 15.0 Å². The molecule has 1 rings (SSSR count). The van der Waals surface area contributed by atoms with Gasteiger partial charge in [-0.3, -0.25) is 4.68 Å². The lowest BCUT2D eigenvalue weighted by molar-refractivity contribution is -0.131. The van der Waals surface area contributed by atoms with Gasteiger partial charge in [0, 0.05) is 13.1 Å². The van der Waals surface area contributed by atoms with Gasteiger partial charge in [0.25, 0.3) is 0 Å². The van der Waals surface area contributed by atoms with E-state index in [1.807, 2.05) is 6.92 Å². The summed E-state index contributed by atoms with van der Waals surface area (Å²) in [5, 5.41) is 15.8. The van der Waals surface area contributed by atoms with E-state index in [2.05, 4.69) is 10.3 Å². The summed E-state index contributed by atoms with van der Waals surface area (Å²) < 4.78 is 1.58. The van der Waals surface area contributed by atoms with Crippen molar-refractivity contribution in [3.63, 3.8) is 0 Å². The molecule has 1 heterocycles. The Morgan fingerprint density at radius 2 is 2.33 bits per heavy atom. The Bertz CT molecular complexity index is 327. The molecule has 0 aromatic carbocycles. The summed E-state index contributed by atoms with van der Waals surface area (Å²) >= 11 is 0. The molecule has 5 nitrogen and oxygen atoms in total. The molecule has 1 aromatic heterocycles. The molecule has 1 aromatic rings. The normalized spacial score (nSPS) is 10.8. The van der Waals surface area contributed by atoms with Gasteiger partial charge in [0.15, 0.2) is 0 Å². The van der Waals surface area contributed by atoms with Crippen LogP contribution in [0.25, 0.3) is 6.08 Å². The Balaban J connectivity index is 2.90. The number of aromatic nitrogens is 3. The lowest BCUT2D eigenvalue weighted by Gasteiger charge is -1.89. The molecule has 0 aliphatic carbocycles. The van der Waals surface area contributed by atoms with Gasteiger partial charge >= 0.3 is 5.97 Å². The highest BCUT2D eigenvalue weighted by atomic mass is 16.4. The summed E-state index contributed by atoms with van der Waals surface area (Å²) in [6.07, 6.45) is 2.46. The summed E-state index contributed by atoms with van der Waals surface area (Å²) in [6.45, 7) is 1.82. The molecule has 0 unspecified atom stereocenters. The molecule has 0 atom stereocenters. The van der Waals surface area contributed by atoms with E-state index in [4.69, 9.17) is 5.11 Å². The molecular formula is C7H9N3O2. The monoisotopic (exact) mass is 167 g/mol. The highest BCUT2D eigenvalue weighted by Gasteiger charge is 2.01. The predicted octanol–water partition coefficient (Wildman–Crippen LogP) is 0.221. The van der Waals surface area contributed by atoms with Crippen molar-refractivity contribution < 1.29 is 9.90 Å². The predicted molar refractivity (Wildman–Crippen MR) is 42.4 cm³/mol. The topological polar surface area (TPSA) is 68.0 Å².